The second-order valence-electron chi connectivity index (χ2n) is 7.73. The summed E-state index contributed by atoms with van der Waals surface area (Å²) >= 11 is 0. The van der Waals surface area contributed by atoms with Crippen molar-refractivity contribution in [2.45, 2.75) is 58.9 Å². The number of amides is 1. The van der Waals surface area contributed by atoms with E-state index in [4.69, 9.17) is 4.99 Å². The Labute approximate surface area is 199 Å². The van der Waals surface area contributed by atoms with E-state index in [0.717, 1.165) is 70.8 Å². The predicted molar refractivity (Wildman–Crippen MR) is 137 cm³/mol. The van der Waals surface area contributed by atoms with Crippen molar-refractivity contribution >= 4 is 35.8 Å². The predicted octanol–water partition coefficient (Wildman–Crippen LogP) is 2.96. The van der Waals surface area contributed by atoms with Crippen LogP contribution in [0.1, 0.15) is 51.2 Å². The number of hydrogen-bond acceptors (Lipinski definition) is 3. The molecule has 0 aliphatic carbocycles. The molecule has 0 atom stereocenters. The summed E-state index contributed by atoms with van der Waals surface area (Å²) in [5.74, 6) is 1.04. The number of rotatable bonds is 10. The van der Waals surface area contributed by atoms with Crippen molar-refractivity contribution < 1.29 is 4.79 Å². The van der Waals surface area contributed by atoms with Crippen LogP contribution in [0.3, 0.4) is 0 Å². The van der Waals surface area contributed by atoms with E-state index in [0.29, 0.717) is 12.6 Å². The van der Waals surface area contributed by atoms with Crippen LogP contribution in [0.2, 0.25) is 0 Å². The smallest absolute Gasteiger partial charge is 0.234 e. The topological polar surface area (TPSA) is 68.8 Å². The first-order chi connectivity index (χ1) is 14.1. The molecule has 1 aliphatic heterocycles. The molecule has 0 unspecified atom stereocenters. The van der Waals surface area contributed by atoms with E-state index < -0.39 is 0 Å². The molecule has 0 aromatic heterocycles. The van der Waals surface area contributed by atoms with Crippen LogP contribution in [0, 0.1) is 0 Å². The Morgan fingerprint density at radius 3 is 2.33 bits per heavy atom. The lowest BCUT2D eigenvalue weighted by atomic mass is 10.1. The van der Waals surface area contributed by atoms with Crippen molar-refractivity contribution in [3.8, 4) is 0 Å². The molecule has 1 aromatic rings. The SMILES string of the molecule is CCCNC(=O)CN1CCC(NC(=NCCc2ccc(CC)cc2)NCC)CC1.I. The minimum absolute atomic E-state index is 0. The zero-order valence-corrected chi connectivity index (χ0v) is 21.2. The van der Waals surface area contributed by atoms with Gasteiger partial charge in [0.15, 0.2) is 5.96 Å². The summed E-state index contributed by atoms with van der Waals surface area (Å²) < 4.78 is 0. The number of likely N-dealkylation sites (tertiary alicyclic amines) is 1. The van der Waals surface area contributed by atoms with Gasteiger partial charge in [-0.1, -0.05) is 38.1 Å². The third kappa shape index (κ3) is 10.1. The molecule has 1 aromatic carbocycles. The van der Waals surface area contributed by atoms with Crippen LogP contribution < -0.4 is 16.0 Å². The average molecular weight is 530 g/mol. The first-order valence-electron chi connectivity index (χ1n) is 11.3. The van der Waals surface area contributed by atoms with Crippen molar-refractivity contribution in [1.82, 2.24) is 20.9 Å². The van der Waals surface area contributed by atoms with Gasteiger partial charge in [-0.15, -0.1) is 24.0 Å². The van der Waals surface area contributed by atoms with Crippen molar-refractivity contribution in [2.24, 2.45) is 4.99 Å². The highest BCUT2D eigenvalue weighted by atomic mass is 127. The molecule has 170 valence electrons. The van der Waals surface area contributed by atoms with Gasteiger partial charge in [-0.05, 0) is 50.2 Å². The number of guanidine groups is 1. The summed E-state index contributed by atoms with van der Waals surface area (Å²) in [6.07, 6.45) is 5.07. The van der Waals surface area contributed by atoms with E-state index >= 15 is 0 Å². The Bertz CT molecular complexity index is 627. The number of carbonyl (C=O) groups excluding carboxylic acids is 1. The molecule has 1 heterocycles. The van der Waals surface area contributed by atoms with Gasteiger partial charge >= 0.3 is 0 Å². The lowest BCUT2D eigenvalue weighted by Gasteiger charge is -2.32. The number of nitrogens with one attached hydrogen (secondary N) is 3. The minimum Gasteiger partial charge on any atom is -0.357 e. The highest BCUT2D eigenvalue weighted by molar-refractivity contribution is 14.0. The largest absolute Gasteiger partial charge is 0.357 e. The number of carbonyl (C=O) groups is 1. The number of nitrogens with zero attached hydrogens (tertiary/aromatic N) is 2. The van der Waals surface area contributed by atoms with Crippen LogP contribution >= 0.6 is 24.0 Å². The summed E-state index contributed by atoms with van der Waals surface area (Å²) in [5.41, 5.74) is 2.71. The fourth-order valence-electron chi connectivity index (χ4n) is 3.51. The monoisotopic (exact) mass is 529 g/mol. The molecule has 3 N–H and O–H groups in total. The number of hydrogen-bond donors (Lipinski definition) is 3. The van der Waals surface area contributed by atoms with Crippen LogP contribution in [0.25, 0.3) is 0 Å². The summed E-state index contributed by atoms with van der Waals surface area (Å²) in [6, 6.07) is 9.24. The lowest BCUT2D eigenvalue weighted by molar-refractivity contribution is -0.122. The van der Waals surface area contributed by atoms with Crippen molar-refractivity contribution in [1.29, 1.82) is 0 Å². The molecular weight excluding hydrogens is 489 g/mol. The summed E-state index contributed by atoms with van der Waals surface area (Å²) in [6.45, 7) is 11.1. The Hall–Kier alpha value is -1.35. The third-order valence-corrected chi connectivity index (χ3v) is 5.31. The molecule has 0 saturated carbocycles. The first-order valence-corrected chi connectivity index (χ1v) is 11.3. The van der Waals surface area contributed by atoms with Gasteiger partial charge < -0.3 is 16.0 Å². The highest BCUT2D eigenvalue weighted by Crippen LogP contribution is 2.10. The van der Waals surface area contributed by atoms with Gasteiger partial charge in [0.1, 0.15) is 0 Å². The molecule has 1 fully saturated rings. The van der Waals surface area contributed by atoms with E-state index in [1.807, 2.05) is 0 Å². The van der Waals surface area contributed by atoms with Crippen LogP contribution in [-0.4, -0.2) is 62.1 Å². The molecule has 2 rings (SSSR count). The van der Waals surface area contributed by atoms with Crippen LogP contribution in [0.4, 0.5) is 0 Å². The van der Waals surface area contributed by atoms with E-state index in [1.54, 1.807) is 0 Å². The van der Waals surface area contributed by atoms with E-state index in [1.165, 1.54) is 11.1 Å². The van der Waals surface area contributed by atoms with Crippen LogP contribution in [0.5, 0.6) is 0 Å². The van der Waals surface area contributed by atoms with Gasteiger partial charge in [-0.2, -0.15) is 0 Å². The fraction of sp³-hybridized carbons (Fsp3) is 0.652. The summed E-state index contributed by atoms with van der Waals surface area (Å²) in [5, 5.41) is 9.90. The Balaban J connectivity index is 0.00000450. The molecule has 6 nitrogen and oxygen atoms in total. The molecule has 0 spiro atoms. The number of aliphatic imine (C=N–C) groups is 1. The number of aryl methyl sites for hydroxylation is 1. The Morgan fingerprint density at radius 2 is 1.73 bits per heavy atom. The highest BCUT2D eigenvalue weighted by Gasteiger charge is 2.21. The van der Waals surface area contributed by atoms with Gasteiger partial charge in [-0.3, -0.25) is 14.7 Å². The second-order valence-corrected chi connectivity index (χ2v) is 7.73. The Kier molecular flexibility index (Phi) is 13.7. The molecule has 1 amide bonds. The first kappa shape index (κ1) is 26.7. The summed E-state index contributed by atoms with van der Waals surface area (Å²) in [7, 11) is 0. The third-order valence-electron chi connectivity index (χ3n) is 5.31. The van der Waals surface area contributed by atoms with E-state index in [9.17, 15) is 4.79 Å². The van der Waals surface area contributed by atoms with Crippen LogP contribution in [0.15, 0.2) is 29.3 Å². The lowest BCUT2D eigenvalue weighted by Crippen LogP contribution is -2.50. The maximum Gasteiger partial charge on any atom is 0.234 e. The van der Waals surface area contributed by atoms with Crippen molar-refractivity contribution in [3.05, 3.63) is 35.4 Å². The van der Waals surface area contributed by atoms with E-state index in [2.05, 4.69) is 65.9 Å². The fourth-order valence-corrected chi connectivity index (χ4v) is 3.51. The number of piperidine rings is 1. The van der Waals surface area contributed by atoms with Gasteiger partial charge in [0, 0.05) is 38.8 Å². The Morgan fingerprint density at radius 1 is 1.07 bits per heavy atom. The molecule has 1 saturated heterocycles. The van der Waals surface area contributed by atoms with Crippen LogP contribution in [-0.2, 0) is 17.6 Å². The van der Waals surface area contributed by atoms with Gasteiger partial charge in [-0.25, -0.2) is 0 Å². The maximum atomic E-state index is 11.9. The van der Waals surface area contributed by atoms with Crippen molar-refractivity contribution in [3.63, 3.8) is 0 Å². The number of halogens is 1. The normalized spacial score (nSPS) is 15.4. The molecule has 30 heavy (non-hydrogen) atoms. The van der Waals surface area contributed by atoms with Gasteiger partial charge in [0.05, 0.1) is 6.54 Å². The molecule has 1 aliphatic rings. The maximum absolute atomic E-state index is 11.9. The van der Waals surface area contributed by atoms with E-state index in [-0.39, 0.29) is 29.9 Å². The van der Waals surface area contributed by atoms with Crippen molar-refractivity contribution in [2.75, 3.05) is 39.3 Å². The quantitative estimate of drug-likeness (QED) is 0.248. The van der Waals surface area contributed by atoms with Gasteiger partial charge in [0.25, 0.3) is 0 Å². The average Bonchev–Trinajstić information content (AvgIpc) is 2.74. The zero-order chi connectivity index (χ0) is 20.9. The number of benzene rings is 1. The standard InChI is InChI=1S/C23H39N5O.HI/c1-4-14-25-22(29)18-28-16-12-21(13-17-28)27-23(24-6-3)26-15-11-20-9-7-19(5-2)8-10-20;/h7-10,21H,4-6,11-18H2,1-3H3,(H,25,29)(H2,24,26,27);1H. The van der Waals surface area contributed by atoms with Gasteiger partial charge in [0.2, 0.25) is 5.91 Å². The molecule has 0 radical (unpaired) electrons. The molecular formula is C23H40IN5O. The second kappa shape index (κ2) is 15.5. The summed E-state index contributed by atoms with van der Waals surface area (Å²) in [4.78, 5) is 18.9. The molecule has 0 bridgehead atoms. The zero-order valence-electron chi connectivity index (χ0n) is 18.9. The minimum atomic E-state index is 0. The molecule has 7 heteroatoms.